The van der Waals surface area contributed by atoms with E-state index in [4.69, 9.17) is 34.8 Å². The molecule has 1 aromatic heterocycles. The minimum atomic E-state index is -0.157. The van der Waals surface area contributed by atoms with Crippen LogP contribution in [-0.2, 0) is 5.75 Å². The number of hydrogen-bond donors (Lipinski definition) is 1. The van der Waals surface area contributed by atoms with Crippen molar-refractivity contribution < 1.29 is 4.79 Å². The molecule has 1 aliphatic carbocycles. The first kappa shape index (κ1) is 23.7. The topological polar surface area (TPSA) is 52.2 Å². The fraction of sp³-hybridized carbons (Fsp3) is 0.385. The number of rotatable bonds is 3. The van der Waals surface area contributed by atoms with Crippen molar-refractivity contribution in [1.82, 2.24) is 15.2 Å². The van der Waals surface area contributed by atoms with E-state index in [1.807, 2.05) is 24.3 Å². The van der Waals surface area contributed by atoms with Crippen LogP contribution in [0.4, 0.5) is 5.69 Å². The number of aromatic amines is 1. The van der Waals surface area contributed by atoms with Crippen molar-refractivity contribution in [2.45, 2.75) is 49.2 Å². The van der Waals surface area contributed by atoms with Crippen molar-refractivity contribution in [1.29, 1.82) is 0 Å². The summed E-state index contributed by atoms with van der Waals surface area (Å²) >= 11 is 20.6. The summed E-state index contributed by atoms with van der Waals surface area (Å²) in [5, 5.41) is 13.2. The van der Waals surface area contributed by atoms with Gasteiger partial charge in [-0.05, 0) is 67.0 Å². The van der Waals surface area contributed by atoms with Crippen LogP contribution in [-0.4, -0.2) is 34.2 Å². The van der Waals surface area contributed by atoms with Gasteiger partial charge < -0.3 is 0 Å². The Morgan fingerprint density at radius 1 is 1.00 bits per heavy atom. The van der Waals surface area contributed by atoms with Gasteiger partial charge in [0.1, 0.15) is 11.4 Å². The van der Waals surface area contributed by atoms with Gasteiger partial charge in [-0.3, -0.25) is 9.89 Å². The Balaban J connectivity index is 1.37. The van der Waals surface area contributed by atoms with Crippen LogP contribution in [0.25, 0.3) is 11.3 Å². The number of hydrogen-bond acceptors (Lipinski definition) is 4. The summed E-state index contributed by atoms with van der Waals surface area (Å²) in [5.41, 5.74) is 4.48. The average molecular weight is 548 g/mol. The Bertz CT molecular complexity index is 1290. The van der Waals surface area contributed by atoms with E-state index in [0.29, 0.717) is 31.9 Å². The average Bonchev–Trinajstić information content (AvgIpc) is 3.49. The molecule has 5 nitrogen and oxygen atoms in total. The SMILES string of the molecule is O=C(c1[nH]nc2c1SCc1cc(Cl)ccc1-2)N(c1ccc(Cl)cc1Cl)N1CCC2(CCCC2)CC1. The smallest absolute Gasteiger partial charge is 0.271 e. The predicted octanol–water partition coefficient (Wildman–Crippen LogP) is 7.86. The third kappa shape index (κ3) is 4.27. The first-order valence-electron chi connectivity index (χ1n) is 12.0. The molecule has 1 N–H and O–H groups in total. The first-order valence-corrected chi connectivity index (χ1v) is 14.1. The first-order chi connectivity index (χ1) is 16.9. The number of nitrogens with one attached hydrogen (secondary N) is 1. The number of thioether (sulfide) groups is 1. The molecule has 0 bridgehead atoms. The van der Waals surface area contributed by atoms with E-state index < -0.39 is 0 Å². The summed E-state index contributed by atoms with van der Waals surface area (Å²) in [7, 11) is 0. The van der Waals surface area contributed by atoms with Gasteiger partial charge in [0, 0.05) is 34.5 Å². The van der Waals surface area contributed by atoms with Crippen molar-refractivity contribution in [3.63, 3.8) is 0 Å². The number of carbonyl (C=O) groups excluding carboxylic acids is 1. The van der Waals surface area contributed by atoms with E-state index in [0.717, 1.165) is 53.4 Å². The lowest BCUT2D eigenvalue weighted by Crippen LogP contribution is -2.52. The largest absolute Gasteiger partial charge is 0.292 e. The maximum Gasteiger partial charge on any atom is 0.292 e. The molecule has 1 saturated heterocycles. The van der Waals surface area contributed by atoms with Gasteiger partial charge >= 0.3 is 0 Å². The zero-order valence-electron chi connectivity index (χ0n) is 19.1. The van der Waals surface area contributed by atoms with E-state index in [-0.39, 0.29) is 5.91 Å². The second-order valence-corrected chi connectivity index (χ2v) is 12.0. The Labute approximate surface area is 224 Å². The molecule has 0 unspecified atom stereocenters. The standard InChI is InChI=1S/C26H25Cl3N4OS/c27-17-3-5-19-16(13-17)15-35-24-22(19)30-31-23(24)25(34)33(21-6-4-18(28)14-20(21)29)32-11-9-26(10-12-32)7-1-2-8-26/h3-6,13-14H,1-2,7-12,15H2,(H,30,31). The molecule has 3 aliphatic rings. The van der Waals surface area contributed by atoms with Crippen molar-refractivity contribution >= 4 is 58.2 Å². The monoisotopic (exact) mass is 546 g/mol. The van der Waals surface area contributed by atoms with Gasteiger partial charge in [0.05, 0.1) is 15.6 Å². The zero-order valence-corrected chi connectivity index (χ0v) is 22.2. The third-order valence-corrected chi connectivity index (χ3v) is 9.62. The molecular formula is C26H25Cl3N4OS. The van der Waals surface area contributed by atoms with Crippen LogP contribution in [0.3, 0.4) is 0 Å². The fourth-order valence-corrected chi connectivity index (χ4v) is 7.60. The van der Waals surface area contributed by atoms with Crippen LogP contribution in [0.15, 0.2) is 41.3 Å². The molecule has 3 aromatic rings. The molecule has 2 fully saturated rings. The number of fused-ring (bicyclic) bond motifs is 3. The second-order valence-electron chi connectivity index (χ2n) is 9.74. The molecule has 1 spiro atoms. The number of benzene rings is 2. The number of amides is 1. The summed E-state index contributed by atoms with van der Waals surface area (Å²) < 4.78 is 0. The number of halogens is 3. The Morgan fingerprint density at radius 3 is 2.46 bits per heavy atom. The number of nitrogens with zero attached hydrogens (tertiary/aromatic N) is 3. The lowest BCUT2D eigenvalue weighted by atomic mass is 9.77. The lowest BCUT2D eigenvalue weighted by molar-refractivity contribution is 0.0717. The van der Waals surface area contributed by atoms with Crippen LogP contribution in [0.2, 0.25) is 15.1 Å². The van der Waals surface area contributed by atoms with Gasteiger partial charge in [-0.2, -0.15) is 5.10 Å². The van der Waals surface area contributed by atoms with Gasteiger partial charge in [-0.1, -0.05) is 53.7 Å². The van der Waals surface area contributed by atoms with Crippen LogP contribution in [0, 0.1) is 5.41 Å². The maximum atomic E-state index is 14.2. The molecule has 1 saturated carbocycles. The minimum absolute atomic E-state index is 0.157. The highest BCUT2D eigenvalue weighted by Crippen LogP contribution is 2.48. The predicted molar refractivity (Wildman–Crippen MR) is 144 cm³/mol. The lowest BCUT2D eigenvalue weighted by Gasteiger charge is -2.44. The Hall–Kier alpha value is -1.70. The van der Waals surface area contributed by atoms with Crippen LogP contribution in [0.5, 0.6) is 0 Å². The fourth-order valence-electron chi connectivity index (χ4n) is 5.81. The van der Waals surface area contributed by atoms with E-state index in [2.05, 4.69) is 15.2 Å². The van der Waals surface area contributed by atoms with Gasteiger partial charge in [0.25, 0.3) is 5.91 Å². The number of piperidine rings is 1. The Morgan fingerprint density at radius 2 is 1.71 bits per heavy atom. The maximum absolute atomic E-state index is 14.2. The normalized spacial score (nSPS) is 18.9. The minimum Gasteiger partial charge on any atom is -0.271 e. The summed E-state index contributed by atoms with van der Waals surface area (Å²) in [4.78, 5) is 15.0. The van der Waals surface area contributed by atoms with Crippen molar-refractivity contribution in [3.8, 4) is 11.3 Å². The van der Waals surface area contributed by atoms with Crippen LogP contribution in [0.1, 0.15) is 54.6 Å². The van der Waals surface area contributed by atoms with Crippen molar-refractivity contribution in [3.05, 3.63) is 62.7 Å². The Kier molecular flexibility index (Phi) is 6.30. The van der Waals surface area contributed by atoms with Gasteiger partial charge in [0.2, 0.25) is 0 Å². The number of hydrazine groups is 1. The highest BCUT2D eigenvalue weighted by atomic mass is 35.5. The molecule has 182 valence electrons. The number of carbonyl (C=O) groups is 1. The number of H-pyrrole nitrogens is 1. The molecule has 0 atom stereocenters. The number of anilines is 1. The summed E-state index contributed by atoms with van der Waals surface area (Å²) in [5.74, 6) is 0.576. The molecule has 3 heterocycles. The van der Waals surface area contributed by atoms with Crippen molar-refractivity contribution in [2.24, 2.45) is 5.41 Å². The molecule has 2 aromatic carbocycles. The molecule has 0 radical (unpaired) electrons. The highest BCUT2D eigenvalue weighted by molar-refractivity contribution is 7.98. The molecule has 1 amide bonds. The van der Waals surface area contributed by atoms with E-state index in [1.165, 1.54) is 25.7 Å². The number of aromatic nitrogens is 2. The molecule has 35 heavy (non-hydrogen) atoms. The van der Waals surface area contributed by atoms with E-state index in [1.54, 1.807) is 28.9 Å². The highest BCUT2D eigenvalue weighted by Gasteiger charge is 2.40. The molecule has 6 rings (SSSR count). The van der Waals surface area contributed by atoms with E-state index in [9.17, 15) is 4.79 Å². The molecule has 2 aliphatic heterocycles. The second kappa shape index (κ2) is 9.31. The van der Waals surface area contributed by atoms with E-state index >= 15 is 0 Å². The van der Waals surface area contributed by atoms with Gasteiger partial charge in [0.15, 0.2) is 0 Å². The third-order valence-electron chi connectivity index (χ3n) is 7.71. The van der Waals surface area contributed by atoms with Crippen LogP contribution < -0.4 is 5.01 Å². The quantitative estimate of drug-likeness (QED) is 0.363. The van der Waals surface area contributed by atoms with Crippen molar-refractivity contribution in [2.75, 3.05) is 18.1 Å². The summed E-state index contributed by atoms with van der Waals surface area (Å²) in [6, 6.07) is 11.1. The zero-order chi connectivity index (χ0) is 24.2. The van der Waals surface area contributed by atoms with Gasteiger partial charge in [-0.25, -0.2) is 10.0 Å². The molecular weight excluding hydrogens is 523 g/mol. The summed E-state index contributed by atoms with van der Waals surface area (Å²) in [6.45, 7) is 1.63. The van der Waals surface area contributed by atoms with Crippen LogP contribution >= 0.6 is 46.6 Å². The molecule has 9 heteroatoms. The summed E-state index contributed by atoms with van der Waals surface area (Å²) in [6.07, 6.45) is 7.40. The van der Waals surface area contributed by atoms with Gasteiger partial charge in [-0.15, -0.1) is 11.8 Å².